The summed E-state index contributed by atoms with van der Waals surface area (Å²) in [5.74, 6) is 0.623. The van der Waals surface area contributed by atoms with Gasteiger partial charge in [-0.25, -0.2) is 0 Å². The summed E-state index contributed by atoms with van der Waals surface area (Å²) in [4.78, 5) is 11.8. The van der Waals surface area contributed by atoms with Gasteiger partial charge < -0.3 is 0 Å². The molecule has 1 rings (SSSR count). The van der Waals surface area contributed by atoms with Crippen LogP contribution in [-0.4, -0.2) is 15.6 Å². The summed E-state index contributed by atoms with van der Waals surface area (Å²) in [6.07, 6.45) is 3.25. The van der Waals surface area contributed by atoms with Gasteiger partial charge in [0, 0.05) is 19.7 Å². The molecule has 0 radical (unpaired) electrons. The van der Waals surface area contributed by atoms with Crippen molar-refractivity contribution in [3.05, 3.63) is 17.5 Å². The van der Waals surface area contributed by atoms with Gasteiger partial charge in [0.05, 0.1) is 11.3 Å². The quantitative estimate of drug-likeness (QED) is 0.689. The maximum absolute atomic E-state index is 11.8. The minimum Gasteiger partial charge on any atom is -0.294 e. The largest absolute Gasteiger partial charge is 0.294 e. The van der Waals surface area contributed by atoms with E-state index in [1.807, 2.05) is 20.2 Å². The Bertz CT molecular complexity index is 326. The number of hydrogen-bond acceptors (Lipinski definition) is 2. The summed E-state index contributed by atoms with van der Waals surface area (Å²) in [7, 11) is 1.85. The van der Waals surface area contributed by atoms with Crippen molar-refractivity contribution in [2.75, 3.05) is 0 Å². The number of Topliss-reactive ketones (excluding diaryl/α,β-unsaturated/α-hetero) is 1. The van der Waals surface area contributed by atoms with Crippen molar-refractivity contribution in [3.63, 3.8) is 0 Å². The lowest BCUT2D eigenvalue weighted by atomic mass is 10.0. The second-order valence-electron chi connectivity index (χ2n) is 4.04. The number of nitrogens with zero attached hydrogens (tertiary/aromatic N) is 2. The van der Waals surface area contributed by atoms with E-state index >= 15 is 0 Å². The summed E-state index contributed by atoms with van der Waals surface area (Å²) in [5, 5.41) is 4.25. The van der Waals surface area contributed by atoms with Gasteiger partial charge in [-0.15, -0.1) is 0 Å². The first-order valence-electron chi connectivity index (χ1n) is 5.10. The third-order valence-corrected chi connectivity index (χ3v) is 2.13. The second-order valence-corrected chi connectivity index (χ2v) is 4.04. The number of aromatic nitrogens is 2. The lowest BCUT2D eigenvalue weighted by Crippen LogP contribution is -2.05. The Kier molecular flexibility index (Phi) is 3.44. The molecular weight excluding hydrogens is 176 g/mol. The van der Waals surface area contributed by atoms with Crippen molar-refractivity contribution in [3.8, 4) is 0 Å². The Hall–Kier alpha value is -1.12. The second kappa shape index (κ2) is 4.40. The van der Waals surface area contributed by atoms with Crippen LogP contribution in [0.25, 0.3) is 0 Å². The van der Waals surface area contributed by atoms with Gasteiger partial charge in [0.25, 0.3) is 0 Å². The SMILES string of the molecule is CCc1nn(C)cc1C(=O)CC(C)C. The zero-order chi connectivity index (χ0) is 10.7. The lowest BCUT2D eigenvalue weighted by Gasteiger charge is -2.02. The highest BCUT2D eigenvalue weighted by molar-refractivity contribution is 5.97. The third kappa shape index (κ3) is 2.44. The van der Waals surface area contributed by atoms with E-state index < -0.39 is 0 Å². The Labute approximate surface area is 85.1 Å². The predicted molar refractivity (Wildman–Crippen MR) is 56.4 cm³/mol. The number of ketones is 1. The third-order valence-electron chi connectivity index (χ3n) is 2.13. The van der Waals surface area contributed by atoms with Crippen molar-refractivity contribution < 1.29 is 4.79 Å². The maximum Gasteiger partial charge on any atom is 0.166 e. The average molecular weight is 194 g/mol. The van der Waals surface area contributed by atoms with E-state index in [1.54, 1.807) is 4.68 Å². The molecule has 0 saturated heterocycles. The lowest BCUT2D eigenvalue weighted by molar-refractivity contribution is 0.0967. The highest BCUT2D eigenvalue weighted by atomic mass is 16.1. The van der Waals surface area contributed by atoms with Crippen molar-refractivity contribution >= 4 is 5.78 Å². The van der Waals surface area contributed by atoms with E-state index in [-0.39, 0.29) is 5.78 Å². The first-order chi connectivity index (χ1) is 6.54. The normalized spacial score (nSPS) is 10.9. The zero-order valence-electron chi connectivity index (χ0n) is 9.37. The van der Waals surface area contributed by atoms with Crippen LogP contribution < -0.4 is 0 Å². The molecule has 0 aliphatic rings. The van der Waals surface area contributed by atoms with Crippen LogP contribution >= 0.6 is 0 Å². The molecule has 0 spiro atoms. The van der Waals surface area contributed by atoms with Crippen molar-refractivity contribution in [1.29, 1.82) is 0 Å². The van der Waals surface area contributed by atoms with Crippen LogP contribution in [0.5, 0.6) is 0 Å². The summed E-state index contributed by atoms with van der Waals surface area (Å²) in [6, 6.07) is 0. The zero-order valence-corrected chi connectivity index (χ0v) is 9.37. The summed E-state index contributed by atoms with van der Waals surface area (Å²) >= 11 is 0. The highest BCUT2D eigenvalue weighted by Crippen LogP contribution is 2.13. The molecule has 1 aromatic heterocycles. The predicted octanol–water partition coefficient (Wildman–Crippen LogP) is 2.21. The maximum atomic E-state index is 11.8. The topological polar surface area (TPSA) is 34.9 Å². The fourth-order valence-electron chi connectivity index (χ4n) is 1.51. The minimum atomic E-state index is 0.213. The molecule has 0 fully saturated rings. The fraction of sp³-hybridized carbons (Fsp3) is 0.636. The summed E-state index contributed by atoms with van der Waals surface area (Å²) < 4.78 is 1.71. The number of aryl methyl sites for hydroxylation is 2. The first-order valence-corrected chi connectivity index (χ1v) is 5.10. The Balaban J connectivity index is 2.88. The first kappa shape index (κ1) is 11.0. The van der Waals surface area contributed by atoms with Gasteiger partial charge in [0.2, 0.25) is 0 Å². The Morgan fingerprint density at radius 3 is 2.71 bits per heavy atom. The smallest absolute Gasteiger partial charge is 0.166 e. The molecule has 0 amide bonds. The summed E-state index contributed by atoms with van der Waals surface area (Å²) in [5.41, 5.74) is 1.71. The van der Waals surface area contributed by atoms with Gasteiger partial charge in [-0.3, -0.25) is 9.48 Å². The Morgan fingerprint density at radius 1 is 1.57 bits per heavy atom. The van der Waals surface area contributed by atoms with Gasteiger partial charge in [-0.1, -0.05) is 20.8 Å². The monoisotopic (exact) mass is 194 g/mol. The van der Waals surface area contributed by atoms with E-state index in [9.17, 15) is 4.79 Å². The molecule has 78 valence electrons. The van der Waals surface area contributed by atoms with Crippen LogP contribution in [0.3, 0.4) is 0 Å². The molecule has 14 heavy (non-hydrogen) atoms. The molecule has 0 unspecified atom stereocenters. The van der Waals surface area contributed by atoms with E-state index in [1.165, 1.54) is 0 Å². The van der Waals surface area contributed by atoms with Crippen molar-refractivity contribution in [2.45, 2.75) is 33.6 Å². The average Bonchev–Trinajstić information content (AvgIpc) is 2.45. The molecule has 0 saturated carbocycles. The Morgan fingerprint density at radius 2 is 2.21 bits per heavy atom. The van der Waals surface area contributed by atoms with Crippen molar-refractivity contribution in [2.24, 2.45) is 13.0 Å². The van der Waals surface area contributed by atoms with E-state index in [4.69, 9.17) is 0 Å². The standard InChI is InChI=1S/C11H18N2O/c1-5-10-9(7-13(4)12-10)11(14)6-8(2)3/h7-8H,5-6H2,1-4H3. The number of rotatable bonds is 4. The van der Waals surface area contributed by atoms with Gasteiger partial charge in [0.15, 0.2) is 5.78 Å². The fourth-order valence-corrected chi connectivity index (χ4v) is 1.51. The molecule has 3 heteroatoms. The van der Waals surface area contributed by atoms with Gasteiger partial charge in [-0.2, -0.15) is 5.10 Å². The highest BCUT2D eigenvalue weighted by Gasteiger charge is 2.14. The van der Waals surface area contributed by atoms with Gasteiger partial charge >= 0.3 is 0 Å². The van der Waals surface area contributed by atoms with Crippen molar-refractivity contribution in [1.82, 2.24) is 9.78 Å². The van der Waals surface area contributed by atoms with E-state index in [2.05, 4.69) is 18.9 Å². The number of hydrogen-bond donors (Lipinski definition) is 0. The van der Waals surface area contributed by atoms with Crippen LogP contribution in [0.1, 0.15) is 43.2 Å². The number of carbonyl (C=O) groups excluding carboxylic acids is 1. The summed E-state index contributed by atoms with van der Waals surface area (Å²) in [6.45, 7) is 6.13. The molecule has 0 aliphatic heterocycles. The number of carbonyl (C=O) groups is 1. The minimum absolute atomic E-state index is 0.213. The molecule has 1 aromatic rings. The molecule has 0 aromatic carbocycles. The van der Waals surface area contributed by atoms with Crippen LogP contribution in [0, 0.1) is 5.92 Å². The van der Waals surface area contributed by atoms with Crippen LogP contribution in [0.2, 0.25) is 0 Å². The molecule has 3 nitrogen and oxygen atoms in total. The van der Waals surface area contributed by atoms with Gasteiger partial charge in [0.1, 0.15) is 0 Å². The van der Waals surface area contributed by atoms with Crippen LogP contribution in [0.4, 0.5) is 0 Å². The van der Waals surface area contributed by atoms with E-state index in [0.717, 1.165) is 17.7 Å². The van der Waals surface area contributed by atoms with Crippen LogP contribution in [0.15, 0.2) is 6.20 Å². The molecule has 0 atom stereocenters. The van der Waals surface area contributed by atoms with Gasteiger partial charge in [-0.05, 0) is 12.3 Å². The molecule has 1 heterocycles. The molecule has 0 bridgehead atoms. The molecule has 0 aliphatic carbocycles. The molecule has 0 N–H and O–H groups in total. The van der Waals surface area contributed by atoms with Crippen LogP contribution in [-0.2, 0) is 13.5 Å². The molecular formula is C11H18N2O. The van der Waals surface area contributed by atoms with E-state index in [0.29, 0.717) is 12.3 Å².